The molecular formula is C18H22FN7S. The SMILES string of the molecule is N#Cc1c(CCCN=C(N)N2CCSCC2)nn(-c2ccc(F)cc2)c1N. The topological polar surface area (TPSA) is 109 Å². The van der Waals surface area contributed by atoms with Gasteiger partial charge in [-0.3, -0.25) is 4.99 Å². The molecule has 1 aromatic heterocycles. The van der Waals surface area contributed by atoms with E-state index in [-0.39, 0.29) is 11.6 Å². The monoisotopic (exact) mass is 387 g/mol. The Hall–Kier alpha value is -2.73. The normalized spacial score (nSPS) is 15.0. The van der Waals surface area contributed by atoms with E-state index in [1.54, 1.807) is 12.1 Å². The summed E-state index contributed by atoms with van der Waals surface area (Å²) in [4.78, 5) is 6.53. The second-order valence-electron chi connectivity index (χ2n) is 6.15. The Morgan fingerprint density at radius 3 is 2.67 bits per heavy atom. The summed E-state index contributed by atoms with van der Waals surface area (Å²) in [6.07, 6.45) is 1.27. The Morgan fingerprint density at radius 2 is 2.00 bits per heavy atom. The van der Waals surface area contributed by atoms with Crippen molar-refractivity contribution in [2.45, 2.75) is 12.8 Å². The van der Waals surface area contributed by atoms with Gasteiger partial charge < -0.3 is 16.4 Å². The Morgan fingerprint density at radius 1 is 1.30 bits per heavy atom. The van der Waals surface area contributed by atoms with Crippen LogP contribution in [0.4, 0.5) is 10.2 Å². The zero-order valence-electron chi connectivity index (χ0n) is 14.9. The van der Waals surface area contributed by atoms with E-state index in [0.717, 1.165) is 24.6 Å². The Kier molecular flexibility index (Phi) is 6.19. The van der Waals surface area contributed by atoms with Crippen molar-refractivity contribution in [1.82, 2.24) is 14.7 Å². The minimum Gasteiger partial charge on any atom is -0.382 e. The summed E-state index contributed by atoms with van der Waals surface area (Å²) in [7, 11) is 0. The van der Waals surface area contributed by atoms with E-state index >= 15 is 0 Å². The lowest BCUT2D eigenvalue weighted by atomic mass is 10.1. The van der Waals surface area contributed by atoms with Crippen LogP contribution in [0.3, 0.4) is 0 Å². The summed E-state index contributed by atoms with van der Waals surface area (Å²) in [5.41, 5.74) is 13.7. The van der Waals surface area contributed by atoms with E-state index in [1.165, 1.54) is 16.8 Å². The fraction of sp³-hybridized carbons (Fsp3) is 0.389. The Labute approximate surface area is 161 Å². The molecule has 27 heavy (non-hydrogen) atoms. The molecule has 142 valence electrons. The quantitative estimate of drug-likeness (QED) is 0.460. The molecule has 0 spiro atoms. The predicted octanol–water partition coefficient (Wildman–Crippen LogP) is 1.76. The maximum Gasteiger partial charge on any atom is 0.191 e. The average molecular weight is 387 g/mol. The highest BCUT2D eigenvalue weighted by molar-refractivity contribution is 7.99. The number of aliphatic imine (C=N–C) groups is 1. The van der Waals surface area contributed by atoms with Gasteiger partial charge in [0, 0.05) is 31.1 Å². The maximum atomic E-state index is 13.1. The van der Waals surface area contributed by atoms with Crippen molar-refractivity contribution in [3.05, 3.63) is 41.3 Å². The number of anilines is 1. The molecule has 0 saturated carbocycles. The number of aryl methyl sites for hydroxylation is 1. The van der Waals surface area contributed by atoms with Crippen molar-refractivity contribution in [1.29, 1.82) is 5.26 Å². The Bertz CT molecular complexity index is 848. The maximum absolute atomic E-state index is 13.1. The standard InChI is InChI=1S/C18H22FN7S/c19-13-3-5-14(6-4-13)26-17(21)15(12-20)16(24-26)2-1-7-23-18(22)25-8-10-27-11-9-25/h3-6H,1-2,7-11,21H2,(H2,22,23). The first kappa shape index (κ1) is 19.0. The number of halogens is 1. The second kappa shape index (κ2) is 8.77. The lowest BCUT2D eigenvalue weighted by Gasteiger charge is -2.27. The van der Waals surface area contributed by atoms with Crippen molar-refractivity contribution in [3.63, 3.8) is 0 Å². The fourth-order valence-electron chi connectivity index (χ4n) is 2.89. The third-order valence-electron chi connectivity index (χ3n) is 4.36. The van der Waals surface area contributed by atoms with Gasteiger partial charge in [-0.15, -0.1) is 0 Å². The van der Waals surface area contributed by atoms with Gasteiger partial charge in [0.25, 0.3) is 0 Å². The van der Waals surface area contributed by atoms with Crippen molar-refractivity contribution in [2.24, 2.45) is 10.7 Å². The van der Waals surface area contributed by atoms with Crippen LogP contribution in [0.15, 0.2) is 29.3 Å². The highest BCUT2D eigenvalue weighted by Gasteiger charge is 2.16. The summed E-state index contributed by atoms with van der Waals surface area (Å²) in [6.45, 7) is 2.41. The molecule has 4 N–H and O–H groups in total. The summed E-state index contributed by atoms with van der Waals surface area (Å²) < 4.78 is 14.6. The van der Waals surface area contributed by atoms with Gasteiger partial charge in [0.2, 0.25) is 0 Å². The number of benzene rings is 1. The molecule has 9 heteroatoms. The van der Waals surface area contributed by atoms with Gasteiger partial charge in [0.05, 0.1) is 11.4 Å². The van der Waals surface area contributed by atoms with E-state index in [2.05, 4.69) is 21.1 Å². The number of rotatable bonds is 5. The largest absolute Gasteiger partial charge is 0.382 e. The second-order valence-corrected chi connectivity index (χ2v) is 7.37. The number of nitrogens with two attached hydrogens (primary N) is 2. The first-order valence-corrected chi connectivity index (χ1v) is 9.91. The number of hydrogen-bond donors (Lipinski definition) is 2. The average Bonchev–Trinajstić information content (AvgIpc) is 3.01. The Balaban J connectivity index is 1.65. The molecule has 0 radical (unpaired) electrons. The van der Waals surface area contributed by atoms with Crippen molar-refractivity contribution >= 4 is 23.5 Å². The number of nitriles is 1. The molecule has 0 unspecified atom stereocenters. The first-order chi connectivity index (χ1) is 13.1. The lowest BCUT2D eigenvalue weighted by Crippen LogP contribution is -2.42. The first-order valence-electron chi connectivity index (χ1n) is 8.76. The number of aromatic nitrogens is 2. The van der Waals surface area contributed by atoms with E-state index in [0.29, 0.717) is 42.3 Å². The van der Waals surface area contributed by atoms with Crippen LogP contribution in [0.25, 0.3) is 5.69 Å². The van der Waals surface area contributed by atoms with Crippen LogP contribution in [-0.2, 0) is 6.42 Å². The lowest BCUT2D eigenvalue weighted by molar-refractivity contribution is 0.455. The van der Waals surface area contributed by atoms with Crippen molar-refractivity contribution < 1.29 is 4.39 Å². The van der Waals surface area contributed by atoms with E-state index in [1.807, 2.05) is 11.8 Å². The minimum atomic E-state index is -0.340. The molecule has 1 aliphatic rings. The zero-order chi connectivity index (χ0) is 19.2. The van der Waals surface area contributed by atoms with Gasteiger partial charge >= 0.3 is 0 Å². The van der Waals surface area contributed by atoms with E-state index in [9.17, 15) is 9.65 Å². The van der Waals surface area contributed by atoms with Crippen LogP contribution >= 0.6 is 11.8 Å². The molecule has 0 atom stereocenters. The molecule has 2 heterocycles. The molecule has 0 bridgehead atoms. The van der Waals surface area contributed by atoms with E-state index < -0.39 is 0 Å². The molecule has 3 rings (SSSR count). The van der Waals surface area contributed by atoms with Crippen molar-refractivity contribution in [2.75, 3.05) is 36.9 Å². The third-order valence-corrected chi connectivity index (χ3v) is 5.30. The third kappa shape index (κ3) is 4.52. The fourth-order valence-corrected chi connectivity index (χ4v) is 3.79. The summed E-state index contributed by atoms with van der Waals surface area (Å²) in [5, 5.41) is 13.9. The smallest absolute Gasteiger partial charge is 0.191 e. The van der Waals surface area contributed by atoms with Crippen LogP contribution in [-0.4, -0.2) is 51.8 Å². The summed E-state index contributed by atoms with van der Waals surface area (Å²) in [6, 6.07) is 7.93. The number of guanidine groups is 1. The summed E-state index contributed by atoms with van der Waals surface area (Å²) >= 11 is 1.92. The van der Waals surface area contributed by atoms with Gasteiger partial charge in [-0.25, -0.2) is 9.07 Å². The minimum absolute atomic E-state index is 0.257. The van der Waals surface area contributed by atoms with Crippen LogP contribution in [0.2, 0.25) is 0 Å². The van der Waals surface area contributed by atoms with Gasteiger partial charge in [-0.05, 0) is 37.1 Å². The highest BCUT2D eigenvalue weighted by Crippen LogP contribution is 2.21. The summed E-state index contributed by atoms with van der Waals surface area (Å²) in [5.74, 6) is 2.64. The molecule has 0 amide bonds. The molecule has 1 aromatic carbocycles. The predicted molar refractivity (Wildman–Crippen MR) is 106 cm³/mol. The van der Waals surface area contributed by atoms with Crippen LogP contribution in [0.5, 0.6) is 0 Å². The highest BCUT2D eigenvalue weighted by atomic mass is 32.2. The van der Waals surface area contributed by atoms with Gasteiger partial charge in [-0.1, -0.05) is 0 Å². The van der Waals surface area contributed by atoms with Crippen LogP contribution in [0, 0.1) is 17.1 Å². The molecule has 1 aliphatic heterocycles. The van der Waals surface area contributed by atoms with Gasteiger partial charge in [0.1, 0.15) is 23.3 Å². The van der Waals surface area contributed by atoms with Crippen LogP contribution < -0.4 is 11.5 Å². The molecular weight excluding hydrogens is 365 g/mol. The van der Waals surface area contributed by atoms with Crippen molar-refractivity contribution in [3.8, 4) is 11.8 Å². The number of nitrogen functional groups attached to an aromatic ring is 1. The van der Waals surface area contributed by atoms with Gasteiger partial charge in [-0.2, -0.15) is 22.1 Å². The molecule has 1 saturated heterocycles. The number of thioether (sulfide) groups is 1. The molecule has 7 nitrogen and oxygen atoms in total. The van der Waals surface area contributed by atoms with E-state index in [4.69, 9.17) is 11.5 Å². The molecule has 2 aromatic rings. The van der Waals surface area contributed by atoms with Gasteiger partial charge in [0.15, 0.2) is 5.96 Å². The molecule has 1 fully saturated rings. The van der Waals surface area contributed by atoms with Crippen LogP contribution in [0.1, 0.15) is 17.7 Å². The zero-order valence-corrected chi connectivity index (χ0v) is 15.8. The molecule has 0 aliphatic carbocycles. The number of hydrogen-bond acceptors (Lipinski definition) is 5. The number of nitrogens with zero attached hydrogens (tertiary/aromatic N) is 5.